The molecule has 1 aliphatic rings. The molecule has 0 bridgehead atoms. The standard InChI is InChI=1S/C20H21N3O2S/c1-3-12-23(20-22-17-6-4-5-7-18(17)26-20)19(24)14(2)25-16-10-8-15(13-21)9-11-16/h3,8-11,14H,1,4-7,12H2,2H3. The Morgan fingerprint density at radius 3 is 2.81 bits per heavy atom. The van der Waals surface area contributed by atoms with Crippen LogP contribution in [0.2, 0.25) is 0 Å². The molecule has 3 rings (SSSR count). The normalized spacial score (nSPS) is 14.0. The summed E-state index contributed by atoms with van der Waals surface area (Å²) in [4.78, 5) is 20.6. The smallest absolute Gasteiger partial charge is 0.269 e. The van der Waals surface area contributed by atoms with E-state index in [2.05, 4.69) is 17.6 Å². The topological polar surface area (TPSA) is 66.2 Å². The van der Waals surface area contributed by atoms with E-state index in [4.69, 9.17) is 10.00 Å². The second-order valence-corrected chi connectivity index (χ2v) is 7.27. The van der Waals surface area contributed by atoms with Crippen LogP contribution in [0.4, 0.5) is 5.13 Å². The molecule has 0 aliphatic heterocycles. The fourth-order valence-corrected chi connectivity index (χ4v) is 4.09. The maximum Gasteiger partial charge on any atom is 0.269 e. The van der Waals surface area contributed by atoms with Gasteiger partial charge in [-0.1, -0.05) is 6.08 Å². The fourth-order valence-electron chi connectivity index (χ4n) is 2.93. The number of hydrogen-bond acceptors (Lipinski definition) is 5. The summed E-state index contributed by atoms with van der Waals surface area (Å²) in [6, 6.07) is 8.79. The van der Waals surface area contributed by atoms with Crippen molar-refractivity contribution in [3.05, 3.63) is 53.1 Å². The lowest BCUT2D eigenvalue weighted by Gasteiger charge is -2.22. The number of fused-ring (bicyclic) bond motifs is 1. The van der Waals surface area contributed by atoms with Gasteiger partial charge in [-0.05, 0) is 56.9 Å². The van der Waals surface area contributed by atoms with Crippen molar-refractivity contribution in [1.29, 1.82) is 5.26 Å². The lowest BCUT2D eigenvalue weighted by atomic mass is 10.0. The highest BCUT2D eigenvalue weighted by atomic mass is 32.1. The number of rotatable bonds is 6. The maximum atomic E-state index is 12.9. The minimum atomic E-state index is -0.663. The Balaban J connectivity index is 1.75. The van der Waals surface area contributed by atoms with E-state index in [-0.39, 0.29) is 5.91 Å². The number of anilines is 1. The molecule has 0 saturated heterocycles. The first kappa shape index (κ1) is 18.2. The van der Waals surface area contributed by atoms with Gasteiger partial charge >= 0.3 is 0 Å². The largest absolute Gasteiger partial charge is 0.481 e. The Kier molecular flexibility index (Phi) is 5.69. The first-order valence-corrected chi connectivity index (χ1v) is 9.51. The van der Waals surface area contributed by atoms with Gasteiger partial charge in [-0.15, -0.1) is 17.9 Å². The third-order valence-corrected chi connectivity index (χ3v) is 5.47. The van der Waals surface area contributed by atoms with Crippen LogP contribution in [-0.4, -0.2) is 23.5 Å². The molecular weight excluding hydrogens is 346 g/mol. The first-order valence-electron chi connectivity index (χ1n) is 8.70. The number of carbonyl (C=O) groups excluding carboxylic acids is 1. The molecule has 134 valence electrons. The molecule has 1 amide bonds. The number of ether oxygens (including phenoxy) is 1. The predicted molar refractivity (Wildman–Crippen MR) is 103 cm³/mol. The highest BCUT2D eigenvalue weighted by Gasteiger charge is 2.27. The van der Waals surface area contributed by atoms with Crippen molar-refractivity contribution in [2.45, 2.75) is 38.7 Å². The van der Waals surface area contributed by atoms with Gasteiger partial charge in [0.1, 0.15) is 5.75 Å². The minimum absolute atomic E-state index is 0.152. The van der Waals surface area contributed by atoms with Crippen LogP contribution in [0.25, 0.3) is 0 Å². The number of nitriles is 1. The number of benzene rings is 1. The molecule has 1 aromatic carbocycles. The maximum absolute atomic E-state index is 12.9. The second kappa shape index (κ2) is 8.15. The molecule has 0 radical (unpaired) electrons. The Hall–Kier alpha value is -2.65. The Morgan fingerprint density at radius 1 is 1.42 bits per heavy atom. The van der Waals surface area contributed by atoms with Crippen molar-refractivity contribution < 1.29 is 9.53 Å². The van der Waals surface area contributed by atoms with Gasteiger partial charge < -0.3 is 4.74 Å². The van der Waals surface area contributed by atoms with Crippen LogP contribution in [0.1, 0.15) is 35.9 Å². The zero-order valence-corrected chi connectivity index (χ0v) is 15.6. The van der Waals surface area contributed by atoms with E-state index >= 15 is 0 Å². The number of amides is 1. The molecule has 0 fully saturated rings. The van der Waals surface area contributed by atoms with Crippen LogP contribution < -0.4 is 9.64 Å². The van der Waals surface area contributed by atoms with Gasteiger partial charge in [-0.2, -0.15) is 5.26 Å². The van der Waals surface area contributed by atoms with Crippen molar-refractivity contribution >= 4 is 22.4 Å². The highest BCUT2D eigenvalue weighted by molar-refractivity contribution is 7.16. The molecule has 0 spiro atoms. The molecule has 5 nitrogen and oxygen atoms in total. The van der Waals surface area contributed by atoms with Crippen molar-refractivity contribution in [3.8, 4) is 11.8 Å². The highest BCUT2D eigenvalue weighted by Crippen LogP contribution is 2.32. The SMILES string of the molecule is C=CCN(C(=O)C(C)Oc1ccc(C#N)cc1)c1nc2c(s1)CCCC2. The number of aryl methyl sites for hydroxylation is 2. The van der Waals surface area contributed by atoms with Crippen molar-refractivity contribution in [1.82, 2.24) is 4.98 Å². The first-order chi connectivity index (χ1) is 12.6. The summed E-state index contributed by atoms with van der Waals surface area (Å²) < 4.78 is 5.77. The second-order valence-electron chi connectivity index (χ2n) is 6.21. The quantitative estimate of drug-likeness (QED) is 0.727. The summed E-state index contributed by atoms with van der Waals surface area (Å²) in [6.45, 7) is 5.89. The molecule has 6 heteroatoms. The zero-order chi connectivity index (χ0) is 18.5. The number of nitrogens with zero attached hydrogens (tertiary/aromatic N) is 3. The Labute approximate surface area is 157 Å². The minimum Gasteiger partial charge on any atom is -0.481 e. The summed E-state index contributed by atoms with van der Waals surface area (Å²) in [5.41, 5.74) is 1.68. The molecule has 0 saturated carbocycles. The number of aromatic nitrogens is 1. The van der Waals surface area contributed by atoms with Crippen molar-refractivity contribution in [3.63, 3.8) is 0 Å². The van der Waals surface area contributed by atoms with Crippen molar-refractivity contribution in [2.75, 3.05) is 11.4 Å². The van der Waals surface area contributed by atoms with Gasteiger partial charge in [0, 0.05) is 11.4 Å². The van der Waals surface area contributed by atoms with Crippen LogP contribution in [-0.2, 0) is 17.6 Å². The van der Waals surface area contributed by atoms with E-state index in [0.717, 1.165) is 30.1 Å². The molecule has 26 heavy (non-hydrogen) atoms. The van der Waals surface area contributed by atoms with Crippen LogP contribution in [0.15, 0.2) is 36.9 Å². The third-order valence-electron chi connectivity index (χ3n) is 4.29. The van der Waals surface area contributed by atoms with E-state index < -0.39 is 6.10 Å². The number of hydrogen-bond donors (Lipinski definition) is 0. The summed E-state index contributed by atoms with van der Waals surface area (Å²) in [7, 11) is 0. The Bertz CT molecular complexity index is 812. The lowest BCUT2D eigenvalue weighted by Crippen LogP contribution is -2.40. The van der Waals surface area contributed by atoms with Crippen LogP contribution in [0.3, 0.4) is 0 Å². The van der Waals surface area contributed by atoms with E-state index in [9.17, 15) is 4.79 Å². The molecule has 2 aromatic rings. The van der Waals surface area contributed by atoms with Crippen LogP contribution in [0.5, 0.6) is 5.75 Å². The Morgan fingerprint density at radius 2 is 2.15 bits per heavy atom. The predicted octanol–water partition coefficient (Wildman–Crippen LogP) is 3.88. The van der Waals surface area contributed by atoms with E-state index in [1.165, 1.54) is 11.3 Å². The summed E-state index contributed by atoms with van der Waals surface area (Å²) in [5.74, 6) is 0.405. The fraction of sp³-hybridized carbons (Fsp3) is 0.350. The molecule has 1 atom stereocenters. The van der Waals surface area contributed by atoms with Gasteiger partial charge in [0.15, 0.2) is 11.2 Å². The van der Waals surface area contributed by atoms with Crippen LogP contribution >= 0.6 is 11.3 Å². The summed E-state index contributed by atoms with van der Waals surface area (Å²) >= 11 is 1.59. The monoisotopic (exact) mass is 367 g/mol. The molecular formula is C20H21N3O2S. The summed E-state index contributed by atoms with van der Waals surface area (Å²) in [5, 5.41) is 9.58. The van der Waals surface area contributed by atoms with Gasteiger partial charge in [0.05, 0.1) is 17.3 Å². The zero-order valence-electron chi connectivity index (χ0n) is 14.8. The summed E-state index contributed by atoms with van der Waals surface area (Å²) in [6.07, 6.45) is 5.40. The van der Waals surface area contributed by atoms with E-state index in [1.807, 2.05) is 0 Å². The van der Waals surface area contributed by atoms with E-state index in [0.29, 0.717) is 17.9 Å². The molecule has 1 heterocycles. The lowest BCUT2D eigenvalue weighted by molar-refractivity contribution is -0.124. The van der Waals surface area contributed by atoms with Crippen LogP contribution in [0, 0.1) is 11.3 Å². The molecule has 1 aliphatic carbocycles. The van der Waals surface area contributed by atoms with Gasteiger partial charge in [-0.25, -0.2) is 4.98 Å². The van der Waals surface area contributed by atoms with Gasteiger partial charge in [0.2, 0.25) is 0 Å². The van der Waals surface area contributed by atoms with Gasteiger partial charge in [-0.3, -0.25) is 9.69 Å². The average molecular weight is 367 g/mol. The number of carbonyl (C=O) groups is 1. The average Bonchev–Trinajstić information content (AvgIpc) is 3.10. The molecule has 1 aromatic heterocycles. The molecule has 0 N–H and O–H groups in total. The van der Waals surface area contributed by atoms with Gasteiger partial charge in [0.25, 0.3) is 5.91 Å². The molecule has 1 unspecified atom stereocenters. The number of thiazole rings is 1. The van der Waals surface area contributed by atoms with Crippen molar-refractivity contribution in [2.24, 2.45) is 0 Å². The third kappa shape index (κ3) is 3.94. The van der Waals surface area contributed by atoms with E-state index in [1.54, 1.807) is 53.5 Å².